The van der Waals surface area contributed by atoms with Gasteiger partial charge in [-0.2, -0.15) is 0 Å². The summed E-state index contributed by atoms with van der Waals surface area (Å²) in [6.45, 7) is 11.2. The van der Waals surface area contributed by atoms with Gasteiger partial charge in [-0.3, -0.25) is 14.6 Å². The Morgan fingerprint density at radius 2 is 1.80 bits per heavy atom. The zero-order chi connectivity index (χ0) is 18.0. The quantitative estimate of drug-likeness (QED) is 0.595. The summed E-state index contributed by atoms with van der Waals surface area (Å²) in [4.78, 5) is 17.5. The number of morpholine rings is 1. The van der Waals surface area contributed by atoms with Gasteiger partial charge < -0.3 is 4.74 Å². The van der Waals surface area contributed by atoms with Crippen molar-refractivity contribution in [1.29, 1.82) is 0 Å². The molecule has 0 radical (unpaired) electrons. The van der Waals surface area contributed by atoms with E-state index < -0.39 is 0 Å². The predicted molar refractivity (Wildman–Crippen MR) is 108 cm³/mol. The molecule has 0 aromatic heterocycles. The molecule has 2 aliphatic heterocycles. The van der Waals surface area contributed by atoms with Crippen molar-refractivity contribution in [3.8, 4) is 0 Å². The van der Waals surface area contributed by atoms with Crippen molar-refractivity contribution in [2.75, 3.05) is 39.4 Å². The number of ether oxygens (including phenoxy) is 1. The first kappa shape index (κ1) is 18.6. The number of nitrogens with zero attached hydrogens (tertiary/aromatic N) is 2. The number of thiocarbonyl (C=S) groups is 1. The summed E-state index contributed by atoms with van der Waals surface area (Å²) in [7, 11) is 0. The third kappa shape index (κ3) is 4.31. The lowest BCUT2D eigenvalue weighted by molar-refractivity contribution is -0.122. The highest BCUT2D eigenvalue weighted by molar-refractivity contribution is 8.26. The maximum atomic E-state index is 12.8. The number of thioether (sulfide) groups is 1. The van der Waals surface area contributed by atoms with E-state index in [4.69, 9.17) is 17.0 Å². The second kappa shape index (κ2) is 7.99. The van der Waals surface area contributed by atoms with Crippen LogP contribution in [0.2, 0.25) is 0 Å². The number of carbonyl (C=O) groups excluding carboxylic acids is 1. The molecule has 2 heterocycles. The minimum absolute atomic E-state index is 0.0286. The van der Waals surface area contributed by atoms with Crippen LogP contribution >= 0.6 is 24.0 Å². The highest BCUT2D eigenvalue weighted by Gasteiger charge is 2.32. The Morgan fingerprint density at radius 1 is 1.12 bits per heavy atom. The van der Waals surface area contributed by atoms with Gasteiger partial charge in [0.1, 0.15) is 4.32 Å². The first-order valence-corrected chi connectivity index (χ1v) is 9.81. The van der Waals surface area contributed by atoms with Crippen molar-refractivity contribution in [3.63, 3.8) is 0 Å². The van der Waals surface area contributed by atoms with Crippen LogP contribution in [0, 0.1) is 20.8 Å². The van der Waals surface area contributed by atoms with Gasteiger partial charge in [0, 0.05) is 26.2 Å². The SMILES string of the molecule is Cc1cc(C)c(/C=C2/SC(=S)N(CCN3CCOCC3)C2=O)cc1C. The first-order valence-electron chi connectivity index (χ1n) is 8.59. The van der Waals surface area contributed by atoms with Crippen molar-refractivity contribution in [2.24, 2.45) is 0 Å². The van der Waals surface area contributed by atoms with Crippen molar-refractivity contribution in [3.05, 3.63) is 39.3 Å². The van der Waals surface area contributed by atoms with Gasteiger partial charge in [-0.15, -0.1) is 0 Å². The zero-order valence-electron chi connectivity index (χ0n) is 15.0. The van der Waals surface area contributed by atoms with Crippen LogP contribution in [0.25, 0.3) is 6.08 Å². The minimum Gasteiger partial charge on any atom is -0.379 e. The summed E-state index contributed by atoms with van der Waals surface area (Å²) in [6.07, 6.45) is 1.98. The molecule has 0 spiro atoms. The van der Waals surface area contributed by atoms with Crippen molar-refractivity contribution < 1.29 is 9.53 Å². The van der Waals surface area contributed by atoms with Crippen LogP contribution < -0.4 is 0 Å². The molecule has 1 amide bonds. The van der Waals surface area contributed by atoms with E-state index in [-0.39, 0.29) is 5.91 Å². The Kier molecular flexibility index (Phi) is 5.94. The van der Waals surface area contributed by atoms with Crippen LogP contribution in [0.1, 0.15) is 22.3 Å². The molecule has 0 bridgehead atoms. The highest BCUT2D eigenvalue weighted by atomic mass is 32.2. The van der Waals surface area contributed by atoms with Gasteiger partial charge in [0.05, 0.1) is 18.1 Å². The van der Waals surface area contributed by atoms with Crippen molar-refractivity contribution in [2.45, 2.75) is 20.8 Å². The summed E-state index contributed by atoms with van der Waals surface area (Å²) in [5.74, 6) is 0.0286. The number of benzene rings is 1. The average molecular weight is 377 g/mol. The van der Waals surface area contributed by atoms with Crippen LogP contribution in [-0.2, 0) is 9.53 Å². The van der Waals surface area contributed by atoms with Gasteiger partial charge >= 0.3 is 0 Å². The molecular formula is C19H24N2O2S2. The molecule has 2 aliphatic rings. The van der Waals surface area contributed by atoms with Gasteiger partial charge in [0.15, 0.2) is 0 Å². The summed E-state index contributed by atoms with van der Waals surface area (Å²) in [5, 5.41) is 0. The number of hydrogen-bond donors (Lipinski definition) is 0. The molecule has 0 N–H and O–H groups in total. The van der Waals surface area contributed by atoms with Crippen molar-refractivity contribution in [1.82, 2.24) is 9.80 Å². The molecule has 0 atom stereocenters. The summed E-state index contributed by atoms with van der Waals surface area (Å²) >= 11 is 6.85. The minimum atomic E-state index is 0.0286. The fourth-order valence-electron chi connectivity index (χ4n) is 3.04. The molecule has 0 unspecified atom stereocenters. The Morgan fingerprint density at radius 3 is 2.52 bits per heavy atom. The van der Waals surface area contributed by atoms with Crippen LogP contribution in [0.5, 0.6) is 0 Å². The Balaban J connectivity index is 1.71. The summed E-state index contributed by atoms with van der Waals surface area (Å²) in [5.41, 5.74) is 4.78. The molecule has 134 valence electrons. The molecule has 4 nitrogen and oxygen atoms in total. The van der Waals surface area contributed by atoms with Gasteiger partial charge in [-0.05, 0) is 49.1 Å². The molecule has 2 fully saturated rings. The van der Waals surface area contributed by atoms with E-state index >= 15 is 0 Å². The largest absolute Gasteiger partial charge is 0.379 e. The van der Waals surface area contributed by atoms with Crippen LogP contribution in [0.3, 0.4) is 0 Å². The maximum absolute atomic E-state index is 12.8. The molecule has 0 saturated carbocycles. The Labute approximate surface area is 159 Å². The second-order valence-corrected chi connectivity index (χ2v) is 8.26. The predicted octanol–water partition coefficient (Wildman–Crippen LogP) is 3.15. The Hall–Kier alpha value is -1.21. The lowest BCUT2D eigenvalue weighted by atomic mass is 10.0. The maximum Gasteiger partial charge on any atom is 0.266 e. The first-order chi connectivity index (χ1) is 12.0. The standard InChI is InChI=1S/C19H24N2O2S2/c1-13-10-15(3)16(11-14(13)2)12-17-18(22)21(19(24)25-17)5-4-20-6-8-23-9-7-20/h10-12H,4-9H2,1-3H3/b17-12+. The van der Waals surface area contributed by atoms with Crippen LogP contribution in [0.15, 0.2) is 17.0 Å². The van der Waals surface area contributed by atoms with E-state index in [2.05, 4.69) is 37.8 Å². The Bertz CT molecular complexity index is 724. The lowest BCUT2D eigenvalue weighted by Gasteiger charge is -2.28. The fourth-order valence-corrected chi connectivity index (χ4v) is 4.34. The third-order valence-electron chi connectivity index (χ3n) is 4.79. The molecular weight excluding hydrogens is 352 g/mol. The van der Waals surface area contributed by atoms with E-state index in [9.17, 15) is 4.79 Å². The van der Waals surface area contributed by atoms with Gasteiger partial charge in [-0.25, -0.2) is 0 Å². The number of aryl methyl sites for hydroxylation is 3. The summed E-state index contributed by atoms with van der Waals surface area (Å²) in [6, 6.07) is 4.31. The normalized spacial score (nSPS) is 20.8. The number of hydrogen-bond acceptors (Lipinski definition) is 5. The number of carbonyl (C=O) groups is 1. The molecule has 6 heteroatoms. The monoisotopic (exact) mass is 376 g/mol. The molecule has 1 aromatic rings. The smallest absolute Gasteiger partial charge is 0.266 e. The van der Waals surface area contributed by atoms with Gasteiger partial charge in [-0.1, -0.05) is 36.1 Å². The van der Waals surface area contributed by atoms with E-state index in [1.165, 1.54) is 28.5 Å². The van der Waals surface area contributed by atoms with E-state index in [0.29, 0.717) is 10.9 Å². The van der Waals surface area contributed by atoms with Gasteiger partial charge in [0.2, 0.25) is 0 Å². The number of amides is 1. The molecule has 25 heavy (non-hydrogen) atoms. The fraction of sp³-hybridized carbons (Fsp3) is 0.474. The molecule has 1 aromatic carbocycles. The topological polar surface area (TPSA) is 32.8 Å². The van der Waals surface area contributed by atoms with E-state index in [0.717, 1.165) is 43.3 Å². The van der Waals surface area contributed by atoms with Crippen LogP contribution in [0.4, 0.5) is 0 Å². The highest BCUT2D eigenvalue weighted by Crippen LogP contribution is 2.33. The van der Waals surface area contributed by atoms with Gasteiger partial charge in [0.25, 0.3) is 5.91 Å². The summed E-state index contributed by atoms with van der Waals surface area (Å²) < 4.78 is 6.02. The third-order valence-corrected chi connectivity index (χ3v) is 6.16. The van der Waals surface area contributed by atoms with Crippen molar-refractivity contribution >= 4 is 40.3 Å². The second-order valence-electron chi connectivity index (χ2n) is 6.58. The van der Waals surface area contributed by atoms with E-state index in [1.54, 1.807) is 4.90 Å². The number of rotatable bonds is 4. The average Bonchev–Trinajstić information content (AvgIpc) is 2.85. The molecule has 2 saturated heterocycles. The van der Waals surface area contributed by atoms with Crippen LogP contribution in [-0.4, -0.2) is 59.4 Å². The van der Waals surface area contributed by atoms with E-state index in [1.807, 2.05) is 6.08 Å². The molecule has 3 rings (SSSR count). The lowest BCUT2D eigenvalue weighted by Crippen LogP contribution is -2.42. The zero-order valence-corrected chi connectivity index (χ0v) is 16.6. The molecule has 0 aliphatic carbocycles.